The molecule has 0 bridgehead atoms. The van der Waals surface area contributed by atoms with Crippen LogP contribution in [0.2, 0.25) is 0 Å². The van der Waals surface area contributed by atoms with Crippen LogP contribution in [0.25, 0.3) is 11.0 Å². The molecule has 0 spiro atoms. The summed E-state index contributed by atoms with van der Waals surface area (Å²) in [6.07, 6.45) is 5.34. The number of carbonyl (C=O) groups is 2. The second kappa shape index (κ2) is 8.85. The van der Waals surface area contributed by atoms with Gasteiger partial charge in [-0.15, -0.1) is 0 Å². The maximum atomic E-state index is 13.9. The van der Waals surface area contributed by atoms with Crippen LogP contribution in [-0.4, -0.2) is 48.2 Å². The van der Waals surface area contributed by atoms with Gasteiger partial charge in [0.15, 0.2) is 0 Å². The van der Waals surface area contributed by atoms with E-state index in [9.17, 15) is 14.7 Å². The third-order valence-electron chi connectivity index (χ3n) is 6.86. The molecular formula is C28H25N3O6. The van der Waals surface area contributed by atoms with Crippen molar-refractivity contribution in [1.29, 1.82) is 0 Å². The van der Waals surface area contributed by atoms with Gasteiger partial charge in [0.2, 0.25) is 0 Å². The molecule has 1 aliphatic heterocycles. The van der Waals surface area contributed by atoms with Gasteiger partial charge in [0.25, 0.3) is 5.91 Å². The van der Waals surface area contributed by atoms with Gasteiger partial charge in [-0.3, -0.25) is 9.78 Å². The first-order chi connectivity index (χ1) is 18.0. The predicted octanol–water partition coefficient (Wildman–Crippen LogP) is 5.26. The largest absolute Gasteiger partial charge is 0.494 e. The number of nitrogens with zero attached hydrogens (tertiary/aromatic N) is 3. The molecule has 188 valence electrons. The molecular weight excluding hydrogens is 474 g/mol. The summed E-state index contributed by atoms with van der Waals surface area (Å²) >= 11 is 0. The second-order valence-corrected chi connectivity index (χ2v) is 9.18. The topological polar surface area (TPSA) is 105 Å². The molecule has 2 aromatic carbocycles. The number of carbonyl (C=O) groups excluding carboxylic acids is 1. The minimum Gasteiger partial charge on any atom is -0.494 e. The van der Waals surface area contributed by atoms with Crippen molar-refractivity contribution in [3.8, 4) is 17.2 Å². The van der Waals surface area contributed by atoms with E-state index in [2.05, 4.69) is 9.88 Å². The number of carboxylic acids is 1. The number of anilines is 2. The number of para-hydroxylation sites is 1. The van der Waals surface area contributed by atoms with Gasteiger partial charge < -0.3 is 28.8 Å². The Morgan fingerprint density at radius 2 is 1.95 bits per heavy atom. The number of aryl methyl sites for hydroxylation is 1. The Hall–Kier alpha value is -4.53. The summed E-state index contributed by atoms with van der Waals surface area (Å²) in [6, 6.07) is 12.9. The summed E-state index contributed by atoms with van der Waals surface area (Å²) in [5.74, 6) is 0.314. The molecule has 9 heteroatoms. The number of amides is 1. The molecule has 2 aromatic heterocycles. The first-order valence-corrected chi connectivity index (χ1v) is 12.1. The number of hydrogen-bond acceptors (Lipinski definition) is 7. The number of aromatic carboxylic acids is 1. The molecule has 37 heavy (non-hydrogen) atoms. The number of rotatable bonds is 6. The lowest BCUT2D eigenvalue weighted by atomic mass is 10.1. The van der Waals surface area contributed by atoms with Crippen LogP contribution in [0.5, 0.6) is 17.2 Å². The van der Waals surface area contributed by atoms with Crippen molar-refractivity contribution in [3.05, 3.63) is 71.7 Å². The van der Waals surface area contributed by atoms with Crippen LogP contribution in [-0.2, 0) is 0 Å². The van der Waals surface area contributed by atoms with E-state index in [-0.39, 0.29) is 11.5 Å². The summed E-state index contributed by atoms with van der Waals surface area (Å²) in [5, 5.41) is 10.0. The van der Waals surface area contributed by atoms with Crippen LogP contribution in [0.4, 0.5) is 11.4 Å². The predicted molar refractivity (Wildman–Crippen MR) is 137 cm³/mol. The third-order valence-corrected chi connectivity index (χ3v) is 6.86. The van der Waals surface area contributed by atoms with Crippen LogP contribution in [0, 0.1) is 6.92 Å². The van der Waals surface area contributed by atoms with Crippen molar-refractivity contribution in [2.24, 2.45) is 0 Å². The Balaban J connectivity index is 1.36. The number of carboxylic acid groups (broad SMARTS) is 1. The number of benzene rings is 2. The van der Waals surface area contributed by atoms with E-state index < -0.39 is 5.97 Å². The van der Waals surface area contributed by atoms with Gasteiger partial charge in [-0.1, -0.05) is 6.07 Å². The van der Waals surface area contributed by atoms with Gasteiger partial charge in [0.1, 0.15) is 45.4 Å². The SMILES string of the molecule is COc1cccc2c1N(C(=O)c1cnccc1Oc1ccc3oc(C)c(C(=O)O)c3c1)CCN2C1CC1. The molecule has 6 rings (SSSR count). The standard InChI is InChI=1S/C28H25N3O6/c1-16-25(28(33)34)19-14-18(8-9-22(19)36-16)37-23-10-11-29-15-20(23)27(32)31-13-12-30(17-6-7-17)21-4-3-5-24(35-2)26(21)31/h3-5,8-11,14-15,17H,6-7,12-13H2,1-2H3,(H,33,34). The Morgan fingerprint density at radius 1 is 1.11 bits per heavy atom. The Morgan fingerprint density at radius 3 is 2.70 bits per heavy atom. The number of methoxy groups -OCH3 is 1. The van der Waals surface area contributed by atoms with E-state index in [4.69, 9.17) is 13.9 Å². The average molecular weight is 500 g/mol. The molecule has 9 nitrogen and oxygen atoms in total. The molecule has 0 saturated heterocycles. The van der Waals surface area contributed by atoms with E-state index in [0.717, 1.165) is 30.8 Å². The van der Waals surface area contributed by atoms with Crippen molar-refractivity contribution in [2.75, 3.05) is 30.0 Å². The number of furan rings is 1. The zero-order valence-corrected chi connectivity index (χ0v) is 20.4. The van der Waals surface area contributed by atoms with Crippen molar-refractivity contribution in [1.82, 2.24) is 4.98 Å². The fourth-order valence-corrected chi connectivity index (χ4v) is 5.02. The maximum Gasteiger partial charge on any atom is 0.339 e. The number of ether oxygens (including phenoxy) is 2. The molecule has 1 N–H and O–H groups in total. The van der Waals surface area contributed by atoms with Crippen molar-refractivity contribution >= 4 is 34.2 Å². The fourth-order valence-electron chi connectivity index (χ4n) is 5.02. The maximum absolute atomic E-state index is 13.9. The third kappa shape index (κ3) is 3.92. The van der Waals surface area contributed by atoms with Crippen molar-refractivity contribution in [3.63, 3.8) is 0 Å². The van der Waals surface area contributed by atoms with Crippen LogP contribution >= 0.6 is 0 Å². The monoisotopic (exact) mass is 499 g/mol. The van der Waals surface area contributed by atoms with E-state index in [1.807, 2.05) is 18.2 Å². The number of aromatic nitrogens is 1. The van der Waals surface area contributed by atoms with Crippen molar-refractivity contribution in [2.45, 2.75) is 25.8 Å². The average Bonchev–Trinajstić information content (AvgIpc) is 3.69. The fraction of sp³-hybridized carbons (Fsp3) is 0.250. The highest BCUT2D eigenvalue weighted by molar-refractivity contribution is 6.11. The zero-order chi connectivity index (χ0) is 25.7. The second-order valence-electron chi connectivity index (χ2n) is 9.18. The Bertz CT molecular complexity index is 1540. The summed E-state index contributed by atoms with van der Waals surface area (Å²) in [7, 11) is 1.60. The first-order valence-electron chi connectivity index (χ1n) is 12.1. The first kappa shape index (κ1) is 22.9. The molecule has 0 unspecified atom stereocenters. The van der Waals surface area contributed by atoms with E-state index >= 15 is 0 Å². The highest BCUT2D eigenvalue weighted by Gasteiger charge is 2.38. The van der Waals surface area contributed by atoms with Crippen LogP contribution in [0.15, 0.2) is 59.3 Å². The normalized spacial score (nSPS) is 15.0. The minimum absolute atomic E-state index is 0.0868. The highest BCUT2D eigenvalue weighted by atomic mass is 16.5. The molecule has 3 heterocycles. The molecule has 2 aliphatic rings. The van der Waals surface area contributed by atoms with E-state index in [1.165, 1.54) is 6.20 Å². The Labute approximate surface area is 212 Å². The summed E-state index contributed by atoms with van der Waals surface area (Å²) in [4.78, 5) is 33.9. The summed E-state index contributed by atoms with van der Waals surface area (Å²) in [6.45, 7) is 2.83. The van der Waals surface area contributed by atoms with Crippen LogP contribution < -0.4 is 19.3 Å². The van der Waals surface area contributed by atoms with Gasteiger partial charge >= 0.3 is 5.97 Å². The zero-order valence-electron chi connectivity index (χ0n) is 20.4. The minimum atomic E-state index is -1.08. The van der Waals surface area contributed by atoms with E-state index in [1.54, 1.807) is 49.4 Å². The summed E-state index contributed by atoms with van der Waals surface area (Å²) < 4.78 is 17.3. The van der Waals surface area contributed by atoms with Gasteiger partial charge in [-0.25, -0.2) is 4.79 Å². The number of pyridine rings is 1. The van der Waals surface area contributed by atoms with Crippen molar-refractivity contribution < 1.29 is 28.6 Å². The molecule has 1 amide bonds. The number of hydrogen-bond donors (Lipinski definition) is 1. The summed E-state index contributed by atoms with van der Waals surface area (Å²) in [5.41, 5.74) is 2.55. The van der Waals surface area contributed by atoms with Crippen LogP contribution in [0.1, 0.15) is 39.3 Å². The lowest BCUT2D eigenvalue weighted by Crippen LogP contribution is -2.45. The smallest absolute Gasteiger partial charge is 0.339 e. The molecule has 0 radical (unpaired) electrons. The van der Waals surface area contributed by atoms with Gasteiger partial charge in [-0.2, -0.15) is 0 Å². The number of fused-ring (bicyclic) bond motifs is 2. The molecule has 0 atom stereocenters. The van der Waals surface area contributed by atoms with Gasteiger partial charge in [-0.05, 0) is 56.2 Å². The molecule has 4 aromatic rings. The van der Waals surface area contributed by atoms with Gasteiger partial charge in [0.05, 0.1) is 12.8 Å². The van der Waals surface area contributed by atoms with E-state index in [0.29, 0.717) is 52.1 Å². The molecule has 1 fully saturated rings. The van der Waals surface area contributed by atoms with Crippen LogP contribution in [0.3, 0.4) is 0 Å². The molecule has 1 aliphatic carbocycles. The Kier molecular flexibility index (Phi) is 5.48. The lowest BCUT2D eigenvalue weighted by molar-refractivity contribution is 0.0696. The highest BCUT2D eigenvalue weighted by Crippen LogP contribution is 2.45. The molecule has 1 saturated carbocycles. The lowest BCUT2D eigenvalue weighted by Gasteiger charge is -2.38. The quantitative estimate of drug-likeness (QED) is 0.383. The van der Waals surface area contributed by atoms with Gasteiger partial charge in [0, 0.05) is 36.9 Å².